The molecule has 2 amide bonds. The number of Topliss-reactive ketones (excluding diaryl/α,β-unsaturated/α-hetero) is 1. The lowest BCUT2D eigenvalue weighted by Gasteiger charge is -2.14. The number of carbonyl (C=O) groups excluding carboxylic acids is 3. The van der Waals surface area contributed by atoms with Gasteiger partial charge in [-0.2, -0.15) is 0 Å². The zero-order valence-corrected chi connectivity index (χ0v) is 22.6. The van der Waals surface area contributed by atoms with Crippen molar-refractivity contribution in [2.45, 2.75) is 48.5 Å². The minimum absolute atomic E-state index is 0.0283. The van der Waals surface area contributed by atoms with Gasteiger partial charge in [-0.25, -0.2) is 23.1 Å². The summed E-state index contributed by atoms with van der Waals surface area (Å²) >= 11 is 2.29. The van der Waals surface area contributed by atoms with Gasteiger partial charge in [-0.15, -0.1) is 0 Å². The van der Waals surface area contributed by atoms with Gasteiger partial charge in [0.2, 0.25) is 10.0 Å². The average molecular weight is 563 g/mol. The van der Waals surface area contributed by atoms with Gasteiger partial charge >= 0.3 is 11.8 Å². The second-order valence-electron chi connectivity index (χ2n) is 8.65. The number of hydrogen-bond donors (Lipinski definition) is 4. The number of aryl methyl sites for hydroxylation is 1. The third-order valence-electron chi connectivity index (χ3n) is 5.67. The van der Waals surface area contributed by atoms with E-state index >= 15 is 0 Å². The van der Waals surface area contributed by atoms with Crippen LogP contribution in [0.1, 0.15) is 47.3 Å². The van der Waals surface area contributed by atoms with Crippen molar-refractivity contribution in [3.05, 3.63) is 47.4 Å². The fraction of sp³-hybridized carbons (Fsp3) is 0.348. The van der Waals surface area contributed by atoms with Crippen LogP contribution >= 0.6 is 23.1 Å². The van der Waals surface area contributed by atoms with E-state index in [2.05, 4.69) is 30.3 Å². The Balaban J connectivity index is 1.48. The Morgan fingerprint density at radius 2 is 1.89 bits per heavy atom. The van der Waals surface area contributed by atoms with Crippen molar-refractivity contribution in [1.29, 1.82) is 0 Å². The molecule has 37 heavy (non-hydrogen) atoms. The molecular weight excluding hydrogens is 536 g/mol. The number of aromatic nitrogens is 3. The van der Waals surface area contributed by atoms with Crippen LogP contribution in [0.15, 0.2) is 40.0 Å². The molecule has 2 aromatic heterocycles. The number of H-pyrrole nitrogens is 1. The molecule has 4 N–H and O–H groups in total. The first-order valence-corrected chi connectivity index (χ1v) is 15.0. The fourth-order valence-corrected chi connectivity index (χ4v) is 6.29. The van der Waals surface area contributed by atoms with Crippen LogP contribution in [0.2, 0.25) is 0 Å². The lowest BCUT2D eigenvalue weighted by molar-refractivity contribution is -0.133. The van der Waals surface area contributed by atoms with Crippen LogP contribution in [0.3, 0.4) is 0 Å². The van der Waals surface area contributed by atoms with Crippen LogP contribution in [0.25, 0.3) is 0 Å². The zero-order chi connectivity index (χ0) is 26.6. The molecule has 3 aromatic rings. The van der Waals surface area contributed by atoms with Gasteiger partial charge in [-0.05, 0) is 43.7 Å². The Bertz CT molecular complexity index is 1410. The smallest absolute Gasteiger partial charge is 0.315 e. The van der Waals surface area contributed by atoms with E-state index in [0.717, 1.165) is 48.8 Å². The number of carbonyl (C=O) groups is 3. The number of thiazole rings is 1. The molecule has 2 heterocycles. The molecule has 11 nitrogen and oxygen atoms in total. The summed E-state index contributed by atoms with van der Waals surface area (Å²) in [5, 5.41) is 5.69. The standard InChI is InChI=1S/C23H26N6O5S3/c1-13-7-8-16(15(11-13)18(30)14-5-3-4-6-14)27-19(31)20(32)29-23-28-17(12-26-37(2,33)34)21(36-23)35-22-24-9-10-25-22/h7-11,14,26H,3-6,12H2,1-2H3,(H,24,25)(H,27,31)(H,28,29,32). The first kappa shape index (κ1) is 27.0. The van der Waals surface area contributed by atoms with Crippen molar-refractivity contribution >= 4 is 61.5 Å². The third-order valence-corrected chi connectivity index (χ3v) is 8.48. The molecule has 1 aromatic carbocycles. The number of aromatic amines is 1. The SMILES string of the molecule is Cc1ccc(NC(=O)C(=O)Nc2nc(CNS(C)(=O)=O)c(Sc3ncc[nH]3)s2)c(C(=O)C2CCCC2)c1. The molecule has 0 radical (unpaired) electrons. The maximum absolute atomic E-state index is 13.0. The van der Waals surface area contributed by atoms with Crippen LogP contribution < -0.4 is 15.4 Å². The molecular formula is C23H26N6O5S3. The number of hydrogen-bond acceptors (Lipinski definition) is 9. The Hall–Kier alpha value is -3.07. The van der Waals surface area contributed by atoms with Gasteiger partial charge < -0.3 is 10.3 Å². The summed E-state index contributed by atoms with van der Waals surface area (Å²) in [5.41, 5.74) is 1.93. The molecule has 1 aliphatic carbocycles. The van der Waals surface area contributed by atoms with E-state index in [-0.39, 0.29) is 29.1 Å². The molecule has 0 unspecified atom stereocenters. The highest BCUT2D eigenvalue weighted by Crippen LogP contribution is 2.36. The number of nitrogens with one attached hydrogen (secondary N) is 4. The molecule has 1 saturated carbocycles. The number of amides is 2. The van der Waals surface area contributed by atoms with E-state index in [0.29, 0.717) is 20.6 Å². The average Bonchev–Trinajstić information content (AvgIpc) is 3.61. The van der Waals surface area contributed by atoms with Gasteiger partial charge in [0.25, 0.3) is 0 Å². The number of imidazole rings is 1. The molecule has 4 rings (SSSR count). The van der Waals surface area contributed by atoms with Crippen molar-refractivity contribution in [1.82, 2.24) is 19.7 Å². The molecule has 14 heteroatoms. The molecule has 0 aliphatic heterocycles. The van der Waals surface area contributed by atoms with Crippen molar-refractivity contribution in [2.75, 3.05) is 16.9 Å². The number of nitrogens with zero attached hydrogens (tertiary/aromatic N) is 2. The number of ketones is 1. The minimum atomic E-state index is -3.48. The lowest BCUT2D eigenvalue weighted by Crippen LogP contribution is -2.30. The monoisotopic (exact) mass is 562 g/mol. The summed E-state index contributed by atoms with van der Waals surface area (Å²) in [6.45, 7) is 1.76. The van der Waals surface area contributed by atoms with E-state index in [1.165, 1.54) is 11.8 Å². The maximum Gasteiger partial charge on any atom is 0.315 e. The predicted molar refractivity (Wildman–Crippen MR) is 141 cm³/mol. The summed E-state index contributed by atoms with van der Waals surface area (Å²) in [6.07, 6.45) is 7.88. The highest BCUT2D eigenvalue weighted by atomic mass is 32.2. The summed E-state index contributed by atoms with van der Waals surface area (Å²) in [4.78, 5) is 49.8. The molecule has 0 bridgehead atoms. The largest absolute Gasteiger partial charge is 0.339 e. The molecule has 0 saturated heterocycles. The molecule has 196 valence electrons. The minimum Gasteiger partial charge on any atom is -0.339 e. The van der Waals surface area contributed by atoms with Crippen LogP contribution in [-0.4, -0.2) is 47.2 Å². The van der Waals surface area contributed by atoms with Crippen molar-refractivity contribution < 1.29 is 22.8 Å². The van der Waals surface area contributed by atoms with Gasteiger partial charge in [-0.1, -0.05) is 35.8 Å². The quantitative estimate of drug-likeness (QED) is 0.228. The third kappa shape index (κ3) is 7.25. The normalized spacial score (nSPS) is 14.0. The van der Waals surface area contributed by atoms with E-state index in [1.54, 1.807) is 30.6 Å². The number of sulfonamides is 1. The van der Waals surface area contributed by atoms with Gasteiger partial charge in [0, 0.05) is 23.9 Å². The van der Waals surface area contributed by atoms with Gasteiger partial charge in [0.15, 0.2) is 16.1 Å². The second-order valence-corrected chi connectivity index (χ2v) is 12.7. The number of benzene rings is 1. The molecule has 0 atom stereocenters. The maximum atomic E-state index is 13.0. The Morgan fingerprint density at radius 1 is 1.16 bits per heavy atom. The highest BCUT2D eigenvalue weighted by Gasteiger charge is 2.27. The van der Waals surface area contributed by atoms with Crippen LogP contribution in [0.5, 0.6) is 0 Å². The van der Waals surface area contributed by atoms with E-state index in [1.807, 2.05) is 6.92 Å². The Morgan fingerprint density at radius 3 is 2.57 bits per heavy atom. The van der Waals surface area contributed by atoms with E-state index in [9.17, 15) is 22.8 Å². The number of anilines is 2. The summed E-state index contributed by atoms with van der Waals surface area (Å²) in [7, 11) is -3.48. The van der Waals surface area contributed by atoms with Crippen molar-refractivity contribution in [2.24, 2.45) is 5.92 Å². The van der Waals surface area contributed by atoms with Crippen LogP contribution in [0, 0.1) is 12.8 Å². The van der Waals surface area contributed by atoms with Crippen molar-refractivity contribution in [3.8, 4) is 0 Å². The zero-order valence-electron chi connectivity index (χ0n) is 20.2. The molecule has 1 aliphatic rings. The summed E-state index contributed by atoms with van der Waals surface area (Å²) in [5.74, 6) is -2.02. The molecule has 1 fully saturated rings. The van der Waals surface area contributed by atoms with Gasteiger partial charge in [0.05, 0.1) is 28.4 Å². The Labute approximate surface area is 222 Å². The fourth-order valence-electron chi connectivity index (χ4n) is 3.89. The lowest BCUT2D eigenvalue weighted by atomic mass is 9.94. The summed E-state index contributed by atoms with van der Waals surface area (Å²) in [6, 6.07) is 5.12. The predicted octanol–water partition coefficient (Wildman–Crippen LogP) is 3.33. The van der Waals surface area contributed by atoms with Gasteiger partial charge in [0.1, 0.15) is 0 Å². The van der Waals surface area contributed by atoms with Crippen LogP contribution in [-0.2, 0) is 26.2 Å². The van der Waals surface area contributed by atoms with Gasteiger partial charge in [-0.3, -0.25) is 19.7 Å². The van der Waals surface area contributed by atoms with Crippen LogP contribution in [0.4, 0.5) is 10.8 Å². The first-order chi connectivity index (χ1) is 17.6. The number of rotatable bonds is 9. The van der Waals surface area contributed by atoms with E-state index in [4.69, 9.17) is 0 Å². The van der Waals surface area contributed by atoms with E-state index < -0.39 is 21.8 Å². The Kier molecular flexibility index (Phi) is 8.42. The molecule has 0 spiro atoms. The summed E-state index contributed by atoms with van der Waals surface area (Å²) < 4.78 is 26.1. The second kappa shape index (κ2) is 11.5. The topological polar surface area (TPSA) is 163 Å². The highest BCUT2D eigenvalue weighted by molar-refractivity contribution is 8.01. The van der Waals surface area contributed by atoms with Crippen molar-refractivity contribution in [3.63, 3.8) is 0 Å². The first-order valence-electron chi connectivity index (χ1n) is 11.5.